The molecule has 2 aromatic rings. The first-order valence-electron chi connectivity index (χ1n) is 7.14. The zero-order chi connectivity index (χ0) is 17.2. The van der Waals surface area contributed by atoms with E-state index in [-0.39, 0.29) is 6.04 Å². The van der Waals surface area contributed by atoms with Crippen LogP contribution in [0.1, 0.15) is 40.9 Å². The number of hydrogen-bond donors (Lipinski definition) is 1. The van der Waals surface area contributed by atoms with Crippen molar-refractivity contribution < 1.29 is 13.2 Å². The number of alkyl halides is 3. The van der Waals surface area contributed by atoms with Crippen molar-refractivity contribution in [1.29, 1.82) is 0 Å². The monoisotopic (exact) mass is 321 g/mol. The van der Waals surface area contributed by atoms with Crippen LogP contribution in [0, 0.1) is 13.8 Å². The molecular formula is C17H18F3N3. The van der Waals surface area contributed by atoms with Crippen LogP contribution in [0.15, 0.2) is 30.8 Å². The summed E-state index contributed by atoms with van der Waals surface area (Å²) >= 11 is 0. The molecule has 0 spiro atoms. The van der Waals surface area contributed by atoms with Gasteiger partial charge in [-0.25, -0.2) is 0 Å². The van der Waals surface area contributed by atoms with E-state index in [0.29, 0.717) is 5.82 Å². The van der Waals surface area contributed by atoms with Crippen LogP contribution in [0.2, 0.25) is 0 Å². The Labute approximate surface area is 133 Å². The van der Waals surface area contributed by atoms with Crippen LogP contribution in [0.3, 0.4) is 0 Å². The van der Waals surface area contributed by atoms with E-state index in [1.165, 1.54) is 12.1 Å². The summed E-state index contributed by atoms with van der Waals surface area (Å²) in [4.78, 5) is 0. The molecule has 0 unspecified atom stereocenters. The van der Waals surface area contributed by atoms with Crippen LogP contribution in [0.5, 0.6) is 0 Å². The molecule has 0 bridgehead atoms. The minimum Gasteiger partial charge on any atom is -0.362 e. The summed E-state index contributed by atoms with van der Waals surface area (Å²) in [7, 11) is 0. The highest BCUT2D eigenvalue weighted by Gasteiger charge is 2.30. The molecule has 2 rings (SSSR count). The fraction of sp³-hybridized carbons (Fsp3) is 0.294. The summed E-state index contributed by atoms with van der Waals surface area (Å²) in [5, 5.41) is 11.4. The number of aromatic nitrogens is 2. The van der Waals surface area contributed by atoms with Gasteiger partial charge in [-0.05, 0) is 55.7 Å². The molecule has 1 aromatic carbocycles. The molecule has 1 aromatic heterocycles. The molecule has 0 aliphatic heterocycles. The van der Waals surface area contributed by atoms with E-state index in [1.54, 1.807) is 6.08 Å². The Hall–Kier alpha value is -2.37. The van der Waals surface area contributed by atoms with Gasteiger partial charge in [0.1, 0.15) is 0 Å². The summed E-state index contributed by atoms with van der Waals surface area (Å²) in [6.45, 7) is 9.39. The van der Waals surface area contributed by atoms with Gasteiger partial charge in [-0.2, -0.15) is 13.2 Å². The Morgan fingerprint density at radius 3 is 2.22 bits per heavy atom. The number of nitrogens with one attached hydrogen (secondary N) is 1. The van der Waals surface area contributed by atoms with Crippen LogP contribution >= 0.6 is 0 Å². The predicted molar refractivity (Wildman–Crippen MR) is 85.1 cm³/mol. The lowest BCUT2D eigenvalue weighted by Gasteiger charge is -2.18. The number of hydrogen-bond acceptors (Lipinski definition) is 3. The van der Waals surface area contributed by atoms with Gasteiger partial charge in [-0.1, -0.05) is 18.7 Å². The van der Waals surface area contributed by atoms with Crippen LogP contribution in [0.25, 0.3) is 6.08 Å². The summed E-state index contributed by atoms with van der Waals surface area (Å²) in [6, 6.07) is 4.90. The quantitative estimate of drug-likeness (QED) is 0.868. The molecular weight excluding hydrogens is 303 g/mol. The molecule has 0 saturated heterocycles. The predicted octanol–water partition coefficient (Wildman–Crippen LogP) is 4.93. The first-order valence-corrected chi connectivity index (χ1v) is 7.14. The third-order valence-corrected chi connectivity index (χ3v) is 3.84. The van der Waals surface area contributed by atoms with Gasteiger partial charge in [-0.15, -0.1) is 10.2 Å². The SMILES string of the molecule is C=Cc1nnc(N[C@H](C)c2ccc(C(F)(F)F)cc2)c(C)c1C. The average Bonchev–Trinajstić information content (AvgIpc) is 2.51. The summed E-state index contributed by atoms with van der Waals surface area (Å²) < 4.78 is 37.8. The molecule has 0 aliphatic rings. The van der Waals surface area contributed by atoms with Gasteiger partial charge in [0, 0.05) is 0 Å². The minimum absolute atomic E-state index is 0.195. The van der Waals surface area contributed by atoms with E-state index >= 15 is 0 Å². The standard InChI is InChI=1S/C17H18F3N3/c1-5-15-10(2)11(3)16(23-22-15)21-12(4)13-6-8-14(9-7-13)17(18,19)20/h5-9,12H,1H2,2-4H3,(H,21,23)/t12-/m1/s1. The number of rotatable bonds is 4. The Morgan fingerprint density at radius 2 is 1.70 bits per heavy atom. The van der Waals surface area contributed by atoms with Crippen molar-refractivity contribution in [3.8, 4) is 0 Å². The van der Waals surface area contributed by atoms with Gasteiger partial charge in [-0.3, -0.25) is 0 Å². The molecule has 3 nitrogen and oxygen atoms in total. The molecule has 0 aliphatic carbocycles. The lowest BCUT2D eigenvalue weighted by Crippen LogP contribution is -2.12. The van der Waals surface area contributed by atoms with Crippen molar-refractivity contribution in [1.82, 2.24) is 10.2 Å². The maximum absolute atomic E-state index is 12.6. The lowest BCUT2D eigenvalue weighted by atomic mass is 10.0. The Balaban J connectivity index is 2.21. The van der Waals surface area contributed by atoms with Gasteiger partial charge >= 0.3 is 6.18 Å². The first kappa shape index (κ1) is 17.0. The van der Waals surface area contributed by atoms with Crippen LogP contribution in [-0.2, 0) is 6.18 Å². The second-order valence-corrected chi connectivity index (χ2v) is 5.37. The fourth-order valence-electron chi connectivity index (χ4n) is 2.20. The van der Waals surface area contributed by atoms with E-state index < -0.39 is 11.7 Å². The molecule has 122 valence electrons. The fourth-order valence-corrected chi connectivity index (χ4v) is 2.20. The molecule has 0 radical (unpaired) electrons. The third kappa shape index (κ3) is 3.70. The lowest BCUT2D eigenvalue weighted by molar-refractivity contribution is -0.137. The Kier molecular flexibility index (Phi) is 4.73. The van der Waals surface area contributed by atoms with Crippen molar-refractivity contribution >= 4 is 11.9 Å². The molecule has 6 heteroatoms. The van der Waals surface area contributed by atoms with Crippen molar-refractivity contribution in [3.05, 3.63) is 58.8 Å². The summed E-state index contributed by atoms with van der Waals surface area (Å²) in [6.07, 6.45) is -2.69. The van der Waals surface area contributed by atoms with E-state index in [2.05, 4.69) is 22.1 Å². The highest BCUT2D eigenvalue weighted by atomic mass is 19.4. The largest absolute Gasteiger partial charge is 0.416 e. The van der Waals surface area contributed by atoms with Gasteiger partial charge < -0.3 is 5.32 Å². The van der Waals surface area contributed by atoms with E-state index in [4.69, 9.17) is 0 Å². The summed E-state index contributed by atoms with van der Waals surface area (Å²) in [5.74, 6) is 0.612. The Bertz CT molecular complexity index is 706. The van der Waals surface area contributed by atoms with Crippen molar-refractivity contribution in [3.63, 3.8) is 0 Å². The number of halogens is 3. The van der Waals surface area contributed by atoms with Gasteiger partial charge in [0.25, 0.3) is 0 Å². The van der Waals surface area contributed by atoms with Crippen LogP contribution < -0.4 is 5.32 Å². The number of nitrogens with zero attached hydrogens (tertiary/aromatic N) is 2. The van der Waals surface area contributed by atoms with E-state index in [1.807, 2.05) is 20.8 Å². The van der Waals surface area contributed by atoms with Gasteiger partial charge in [0.15, 0.2) is 5.82 Å². The van der Waals surface area contributed by atoms with Crippen LogP contribution in [-0.4, -0.2) is 10.2 Å². The summed E-state index contributed by atoms with van der Waals surface area (Å²) in [5.41, 5.74) is 2.71. The highest BCUT2D eigenvalue weighted by Crippen LogP contribution is 2.30. The molecule has 1 heterocycles. The zero-order valence-electron chi connectivity index (χ0n) is 13.2. The van der Waals surface area contributed by atoms with Crippen molar-refractivity contribution in [2.24, 2.45) is 0 Å². The molecule has 23 heavy (non-hydrogen) atoms. The molecule has 1 atom stereocenters. The molecule has 0 fully saturated rings. The molecule has 0 saturated carbocycles. The molecule has 1 N–H and O–H groups in total. The second-order valence-electron chi connectivity index (χ2n) is 5.37. The number of benzene rings is 1. The maximum Gasteiger partial charge on any atom is 0.416 e. The van der Waals surface area contributed by atoms with Crippen molar-refractivity contribution in [2.75, 3.05) is 5.32 Å². The minimum atomic E-state index is -4.32. The van der Waals surface area contributed by atoms with E-state index in [9.17, 15) is 13.2 Å². The highest BCUT2D eigenvalue weighted by molar-refractivity contribution is 5.56. The van der Waals surface area contributed by atoms with Gasteiger partial charge in [0.05, 0.1) is 17.3 Å². The smallest absolute Gasteiger partial charge is 0.362 e. The average molecular weight is 321 g/mol. The second kappa shape index (κ2) is 6.40. The normalized spacial score (nSPS) is 12.8. The first-order chi connectivity index (χ1) is 10.7. The van der Waals surface area contributed by atoms with Crippen molar-refractivity contribution in [2.45, 2.75) is 33.0 Å². The maximum atomic E-state index is 12.6. The topological polar surface area (TPSA) is 37.8 Å². The van der Waals surface area contributed by atoms with Gasteiger partial charge in [0.2, 0.25) is 0 Å². The third-order valence-electron chi connectivity index (χ3n) is 3.84. The molecule has 0 amide bonds. The van der Waals surface area contributed by atoms with Crippen LogP contribution in [0.4, 0.5) is 19.0 Å². The zero-order valence-corrected chi connectivity index (χ0v) is 13.2. The van der Waals surface area contributed by atoms with E-state index in [0.717, 1.165) is 34.5 Å². The number of anilines is 1. The Morgan fingerprint density at radius 1 is 1.09 bits per heavy atom.